The third-order valence-electron chi connectivity index (χ3n) is 2.88. The fourth-order valence-electron chi connectivity index (χ4n) is 1.84. The maximum Gasteiger partial charge on any atom is 0.417 e. The summed E-state index contributed by atoms with van der Waals surface area (Å²) in [6, 6.07) is 5.63. The molecule has 5 nitrogen and oxygen atoms in total. The van der Waals surface area contributed by atoms with Crippen LogP contribution in [-0.4, -0.2) is 23.4 Å². The number of rotatable bonds is 4. The van der Waals surface area contributed by atoms with E-state index in [4.69, 9.17) is 9.52 Å². The van der Waals surface area contributed by atoms with Gasteiger partial charge in [0.05, 0.1) is 12.2 Å². The fourth-order valence-corrected chi connectivity index (χ4v) is 1.84. The molecule has 2 rings (SSSR count). The molecule has 0 saturated heterocycles. The van der Waals surface area contributed by atoms with Gasteiger partial charge in [0.25, 0.3) is 0 Å². The largest absolute Gasteiger partial charge is 0.417 e. The first kappa shape index (κ1) is 11.9. The summed E-state index contributed by atoms with van der Waals surface area (Å²) < 4.78 is 5.03. The Bertz CT molecular complexity index is 568. The van der Waals surface area contributed by atoms with Crippen LogP contribution in [0.2, 0.25) is 0 Å². The number of hydrogen-bond donors (Lipinski definition) is 3. The van der Waals surface area contributed by atoms with Gasteiger partial charge in [0, 0.05) is 12.0 Å². The highest BCUT2D eigenvalue weighted by molar-refractivity contribution is 5.73. The minimum Gasteiger partial charge on any atom is -0.408 e. The molecular weight excluding hydrogens is 220 g/mol. The van der Waals surface area contributed by atoms with E-state index in [1.165, 1.54) is 0 Å². The third-order valence-corrected chi connectivity index (χ3v) is 2.88. The molecule has 2 aromatic rings. The van der Waals surface area contributed by atoms with Crippen molar-refractivity contribution in [2.45, 2.75) is 19.3 Å². The standard InChI is InChI=1S/C12H16N2O3/c1-12(2,6-13-7-15)8-3-4-9-10(5-8)17-11(16)14-9/h3-5,13,15H,6-7H2,1-2H3,(H,14,16). The molecule has 0 aliphatic rings. The number of oxazole rings is 1. The highest BCUT2D eigenvalue weighted by atomic mass is 16.4. The van der Waals surface area contributed by atoms with Gasteiger partial charge in [0.1, 0.15) is 0 Å². The average Bonchev–Trinajstić information content (AvgIpc) is 2.65. The molecule has 3 N–H and O–H groups in total. The second kappa shape index (κ2) is 4.35. The lowest BCUT2D eigenvalue weighted by atomic mass is 9.84. The zero-order chi connectivity index (χ0) is 12.5. The Morgan fingerprint density at radius 3 is 2.94 bits per heavy atom. The highest BCUT2D eigenvalue weighted by Gasteiger charge is 2.20. The lowest BCUT2D eigenvalue weighted by Gasteiger charge is -2.25. The Hall–Kier alpha value is -1.59. The smallest absolute Gasteiger partial charge is 0.408 e. The van der Waals surface area contributed by atoms with Gasteiger partial charge >= 0.3 is 5.76 Å². The van der Waals surface area contributed by atoms with Crippen LogP contribution in [0.5, 0.6) is 0 Å². The monoisotopic (exact) mass is 236 g/mol. The number of aromatic amines is 1. The lowest BCUT2D eigenvalue weighted by molar-refractivity contribution is 0.247. The summed E-state index contributed by atoms with van der Waals surface area (Å²) in [4.78, 5) is 13.7. The number of hydrogen-bond acceptors (Lipinski definition) is 4. The normalized spacial score (nSPS) is 12.2. The molecule has 0 bridgehead atoms. The van der Waals surface area contributed by atoms with Crippen LogP contribution in [0.1, 0.15) is 19.4 Å². The number of aliphatic hydroxyl groups is 1. The van der Waals surface area contributed by atoms with Crippen LogP contribution < -0.4 is 11.1 Å². The quantitative estimate of drug-likeness (QED) is 0.690. The van der Waals surface area contributed by atoms with Crippen LogP contribution in [0.15, 0.2) is 27.4 Å². The van der Waals surface area contributed by atoms with Crippen LogP contribution in [0.4, 0.5) is 0 Å². The maximum atomic E-state index is 11.1. The van der Waals surface area contributed by atoms with Crippen molar-refractivity contribution in [3.63, 3.8) is 0 Å². The molecule has 0 unspecified atom stereocenters. The maximum absolute atomic E-state index is 11.1. The summed E-state index contributed by atoms with van der Waals surface area (Å²) in [5, 5.41) is 11.7. The molecular formula is C12H16N2O3. The van der Waals surface area contributed by atoms with Crippen molar-refractivity contribution >= 4 is 11.1 Å². The predicted molar refractivity (Wildman–Crippen MR) is 64.9 cm³/mol. The van der Waals surface area contributed by atoms with Gasteiger partial charge in [-0.1, -0.05) is 19.9 Å². The topological polar surface area (TPSA) is 78.3 Å². The van der Waals surface area contributed by atoms with Gasteiger partial charge in [-0.2, -0.15) is 0 Å². The van der Waals surface area contributed by atoms with E-state index in [9.17, 15) is 4.79 Å². The van der Waals surface area contributed by atoms with Crippen LogP contribution in [0, 0.1) is 0 Å². The molecule has 5 heteroatoms. The van der Waals surface area contributed by atoms with Crippen LogP contribution in [0.3, 0.4) is 0 Å². The molecule has 0 radical (unpaired) electrons. The summed E-state index contributed by atoms with van der Waals surface area (Å²) in [5.41, 5.74) is 2.16. The number of fused-ring (bicyclic) bond motifs is 1. The molecule has 1 heterocycles. The first-order valence-electron chi connectivity index (χ1n) is 5.48. The number of nitrogens with one attached hydrogen (secondary N) is 2. The van der Waals surface area contributed by atoms with Gasteiger partial charge in [0.15, 0.2) is 5.58 Å². The van der Waals surface area contributed by atoms with Gasteiger partial charge in [-0.15, -0.1) is 0 Å². The fraction of sp³-hybridized carbons (Fsp3) is 0.417. The van der Waals surface area contributed by atoms with Gasteiger partial charge in [-0.25, -0.2) is 4.79 Å². The number of H-pyrrole nitrogens is 1. The summed E-state index contributed by atoms with van der Waals surface area (Å²) in [6.45, 7) is 4.71. The van der Waals surface area contributed by atoms with Gasteiger partial charge < -0.3 is 9.52 Å². The van der Waals surface area contributed by atoms with Crippen molar-refractivity contribution in [1.82, 2.24) is 10.3 Å². The summed E-state index contributed by atoms with van der Waals surface area (Å²) in [7, 11) is 0. The van der Waals surface area contributed by atoms with E-state index in [0.717, 1.165) is 5.56 Å². The Labute approximate surface area is 98.5 Å². The Kier molecular flexibility index (Phi) is 3.04. The number of aliphatic hydroxyl groups excluding tert-OH is 1. The number of aromatic nitrogens is 1. The highest BCUT2D eigenvalue weighted by Crippen LogP contribution is 2.25. The van der Waals surface area contributed by atoms with E-state index in [1.807, 2.05) is 18.2 Å². The molecule has 0 aliphatic heterocycles. The van der Waals surface area contributed by atoms with Crippen molar-refractivity contribution < 1.29 is 9.52 Å². The lowest BCUT2D eigenvalue weighted by Crippen LogP contribution is -2.33. The van der Waals surface area contributed by atoms with E-state index in [2.05, 4.69) is 24.1 Å². The minimum absolute atomic E-state index is 0.0507. The molecule has 1 aromatic carbocycles. The third kappa shape index (κ3) is 2.40. The number of benzene rings is 1. The summed E-state index contributed by atoms with van der Waals surface area (Å²) >= 11 is 0. The molecule has 0 saturated carbocycles. The molecule has 0 spiro atoms. The second-order valence-electron chi connectivity index (χ2n) is 4.69. The zero-order valence-electron chi connectivity index (χ0n) is 9.91. The van der Waals surface area contributed by atoms with Crippen molar-refractivity contribution in [3.05, 3.63) is 34.3 Å². The van der Waals surface area contributed by atoms with E-state index in [0.29, 0.717) is 17.6 Å². The van der Waals surface area contributed by atoms with E-state index in [1.54, 1.807) is 0 Å². The van der Waals surface area contributed by atoms with Crippen LogP contribution >= 0.6 is 0 Å². The molecule has 17 heavy (non-hydrogen) atoms. The minimum atomic E-state index is -0.441. The van der Waals surface area contributed by atoms with Crippen molar-refractivity contribution in [2.75, 3.05) is 13.3 Å². The molecule has 0 amide bonds. The van der Waals surface area contributed by atoms with Crippen molar-refractivity contribution in [1.29, 1.82) is 0 Å². The molecule has 0 aliphatic carbocycles. The molecule has 0 fully saturated rings. The molecule has 92 valence electrons. The first-order valence-corrected chi connectivity index (χ1v) is 5.48. The molecule has 0 atom stereocenters. The Morgan fingerprint density at radius 1 is 1.47 bits per heavy atom. The summed E-state index contributed by atoms with van der Waals surface area (Å²) in [5.74, 6) is -0.441. The predicted octanol–water partition coefficient (Wildman–Crippen LogP) is 0.938. The van der Waals surface area contributed by atoms with E-state index < -0.39 is 5.76 Å². The average molecular weight is 236 g/mol. The Balaban J connectivity index is 2.37. The van der Waals surface area contributed by atoms with Crippen LogP contribution in [-0.2, 0) is 5.41 Å². The van der Waals surface area contributed by atoms with Crippen molar-refractivity contribution in [3.8, 4) is 0 Å². The van der Waals surface area contributed by atoms with Gasteiger partial charge in [-0.3, -0.25) is 10.3 Å². The summed E-state index contributed by atoms with van der Waals surface area (Å²) in [6.07, 6.45) is 0. The van der Waals surface area contributed by atoms with Gasteiger partial charge in [0.2, 0.25) is 0 Å². The first-order chi connectivity index (χ1) is 8.03. The SMILES string of the molecule is CC(C)(CNCO)c1ccc2[nH]c(=O)oc2c1. The van der Waals surface area contributed by atoms with Crippen molar-refractivity contribution in [2.24, 2.45) is 0 Å². The zero-order valence-corrected chi connectivity index (χ0v) is 9.91. The Morgan fingerprint density at radius 2 is 2.24 bits per heavy atom. The molecule has 1 aromatic heterocycles. The second-order valence-corrected chi connectivity index (χ2v) is 4.69. The van der Waals surface area contributed by atoms with Gasteiger partial charge in [-0.05, 0) is 17.7 Å². The van der Waals surface area contributed by atoms with E-state index in [-0.39, 0.29) is 12.1 Å². The van der Waals surface area contributed by atoms with E-state index >= 15 is 0 Å². The van der Waals surface area contributed by atoms with Crippen LogP contribution in [0.25, 0.3) is 11.1 Å².